The number of rotatable bonds is 6. The number of carbonyl (C=O) groups excluding carboxylic acids is 1. The minimum atomic E-state index is -0.0290. The van der Waals surface area contributed by atoms with Gasteiger partial charge in [0.15, 0.2) is 0 Å². The molecule has 5 nitrogen and oxygen atoms in total. The number of fused-ring (bicyclic) bond motifs is 1. The summed E-state index contributed by atoms with van der Waals surface area (Å²) in [6.07, 6.45) is 1.98. The van der Waals surface area contributed by atoms with Gasteiger partial charge in [0.1, 0.15) is 5.75 Å². The summed E-state index contributed by atoms with van der Waals surface area (Å²) < 4.78 is 5.80. The number of carbonyl (C=O) groups is 1. The van der Waals surface area contributed by atoms with Gasteiger partial charge in [-0.1, -0.05) is 37.3 Å². The van der Waals surface area contributed by atoms with Crippen LogP contribution in [-0.4, -0.2) is 48.1 Å². The van der Waals surface area contributed by atoms with Crippen molar-refractivity contribution in [2.75, 3.05) is 26.2 Å². The third-order valence-corrected chi connectivity index (χ3v) is 5.79. The molecule has 1 saturated heterocycles. The van der Waals surface area contributed by atoms with Gasteiger partial charge in [-0.25, -0.2) is 4.98 Å². The maximum atomic E-state index is 13.3. The number of para-hydroxylation sites is 2. The van der Waals surface area contributed by atoms with Crippen molar-refractivity contribution in [3.05, 3.63) is 60.2 Å². The summed E-state index contributed by atoms with van der Waals surface area (Å²) in [5, 5.41) is 4.14. The monoisotopic (exact) mass is 403 g/mol. The third-order valence-electron chi connectivity index (χ3n) is 5.79. The Kier molecular flexibility index (Phi) is 6.29. The van der Waals surface area contributed by atoms with E-state index in [9.17, 15) is 4.79 Å². The SMILES string of the molecule is CCOc1ccccc1-c1cc(C(=O)NC2CCN(CC)CC2)c2ccccc2n1. The molecule has 2 aromatic carbocycles. The second-order valence-corrected chi connectivity index (χ2v) is 7.68. The predicted molar refractivity (Wildman–Crippen MR) is 121 cm³/mol. The number of likely N-dealkylation sites (tertiary alicyclic amines) is 1. The first-order chi connectivity index (χ1) is 14.7. The third kappa shape index (κ3) is 4.31. The highest BCUT2D eigenvalue weighted by Crippen LogP contribution is 2.31. The van der Waals surface area contributed by atoms with E-state index < -0.39 is 0 Å². The van der Waals surface area contributed by atoms with Crippen molar-refractivity contribution in [2.24, 2.45) is 0 Å². The zero-order valence-electron chi connectivity index (χ0n) is 17.7. The molecule has 1 aliphatic rings. The standard InChI is InChI=1S/C25H29N3O2/c1-3-28-15-13-18(14-16-28)26-25(29)21-17-23(27-22-11-7-5-9-19(21)22)20-10-6-8-12-24(20)30-4-2/h5-12,17-18H,3-4,13-16H2,1-2H3,(H,26,29). The number of ether oxygens (including phenoxy) is 1. The predicted octanol–water partition coefficient (Wildman–Crippen LogP) is 4.51. The first-order valence-electron chi connectivity index (χ1n) is 10.8. The number of hydrogen-bond donors (Lipinski definition) is 1. The number of hydrogen-bond acceptors (Lipinski definition) is 4. The van der Waals surface area contributed by atoms with Gasteiger partial charge < -0.3 is 15.0 Å². The normalized spacial score (nSPS) is 15.3. The molecule has 0 atom stereocenters. The van der Waals surface area contributed by atoms with Gasteiger partial charge >= 0.3 is 0 Å². The van der Waals surface area contributed by atoms with Crippen LogP contribution in [0.4, 0.5) is 0 Å². The maximum Gasteiger partial charge on any atom is 0.252 e. The Labute approximate surface area is 178 Å². The average Bonchev–Trinajstić information content (AvgIpc) is 2.79. The first-order valence-corrected chi connectivity index (χ1v) is 10.8. The first kappa shape index (κ1) is 20.4. The van der Waals surface area contributed by atoms with Gasteiger partial charge in [-0.2, -0.15) is 0 Å². The van der Waals surface area contributed by atoms with E-state index in [1.165, 1.54) is 0 Å². The summed E-state index contributed by atoms with van der Waals surface area (Å²) in [6.45, 7) is 7.86. The molecule has 2 heterocycles. The highest BCUT2D eigenvalue weighted by molar-refractivity contribution is 6.07. The Morgan fingerprint density at radius 3 is 2.60 bits per heavy atom. The molecule has 0 radical (unpaired) electrons. The van der Waals surface area contributed by atoms with Crippen molar-refractivity contribution < 1.29 is 9.53 Å². The second kappa shape index (κ2) is 9.26. The number of nitrogens with one attached hydrogen (secondary N) is 1. The van der Waals surface area contributed by atoms with Crippen molar-refractivity contribution in [3.8, 4) is 17.0 Å². The molecule has 1 N–H and O–H groups in total. The zero-order chi connectivity index (χ0) is 20.9. The molecule has 4 rings (SSSR count). The zero-order valence-corrected chi connectivity index (χ0v) is 17.7. The largest absolute Gasteiger partial charge is 0.493 e. The van der Waals surface area contributed by atoms with Crippen LogP contribution in [0.5, 0.6) is 5.75 Å². The van der Waals surface area contributed by atoms with Crippen LogP contribution in [0, 0.1) is 0 Å². The van der Waals surface area contributed by atoms with Gasteiger partial charge in [0, 0.05) is 30.1 Å². The van der Waals surface area contributed by atoms with Crippen LogP contribution >= 0.6 is 0 Å². The number of benzene rings is 2. The van der Waals surface area contributed by atoms with Crippen LogP contribution in [0.15, 0.2) is 54.6 Å². The van der Waals surface area contributed by atoms with Gasteiger partial charge in [-0.3, -0.25) is 4.79 Å². The van der Waals surface area contributed by atoms with E-state index in [-0.39, 0.29) is 11.9 Å². The lowest BCUT2D eigenvalue weighted by atomic mass is 10.0. The summed E-state index contributed by atoms with van der Waals surface area (Å²) in [5.74, 6) is 0.750. The molecule has 156 valence electrons. The minimum absolute atomic E-state index is 0.0290. The molecule has 0 unspecified atom stereocenters. The van der Waals surface area contributed by atoms with Crippen molar-refractivity contribution in [2.45, 2.75) is 32.7 Å². The minimum Gasteiger partial charge on any atom is -0.493 e. The molecule has 5 heteroatoms. The lowest BCUT2D eigenvalue weighted by molar-refractivity contribution is 0.0914. The van der Waals surface area contributed by atoms with E-state index in [0.717, 1.165) is 60.4 Å². The van der Waals surface area contributed by atoms with Crippen molar-refractivity contribution >= 4 is 16.8 Å². The smallest absolute Gasteiger partial charge is 0.252 e. The van der Waals surface area contributed by atoms with E-state index in [0.29, 0.717) is 12.2 Å². The molecule has 0 saturated carbocycles. The molecular weight excluding hydrogens is 374 g/mol. The fourth-order valence-corrected chi connectivity index (χ4v) is 4.12. The van der Waals surface area contributed by atoms with Crippen molar-refractivity contribution in [1.82, 2.24) is 15.2 Å². The van der Waals surface area contributed by atoms with E-state index in [4.69, 9.17) is 9.72 Å². The summed E-state index contributed by atoms with van der Waals surface area (Å²) in [6, 6.07) is 17.8. The van der Waals surface area contributed by atoms with Gasteiger partial charge in [0.05, 0.1) is 23.4 Å². The van der Waals surface area contributed by atoms with E-state index >= 15 is 0 Å². The van der Waals surface area contributed by atoms with Crippen LogP contribution in [0.25, 0.3) is 22.2 Å². The molecule has 1 amide bonds. The van der Waals surface area contributed by atoms with E-state index in [1.807, 2.05) is 61.5 Å². The lowest BCUT2D eigenvalue weighted by Crippen LogP contribution is -2.44. The van der Waals surface area contributed by atoms with Crippen LogP contribution in [0.3, 0.4) is 0 Å². The van der Waals surface area contributed by atoms with Gasteiger partial charge in [-0.15, -0.1) is 0 Å². The molecule has 1 aromatic heterocycles. The second-order valence-electron chi connectivity index (χ2n) is 7.68. The van der Waals surface area contributed by atoms with Gasteiger partial charge in [-0.05, 0) is 50.6 Å². The highest BCUT2D eigenvalue weighted by Gasteiger charge is 2.22. The number of aromatic nitrogens is 1. The Morgan fingerprint density at radius 2 is 1.83 bits per heavy atom. The topological polar surface area (TPSA) is 54.5 Å². The Balaban J connectivity index is 1.68. The molecule has 0 spiro atoms. The summed E-state index contributed by atoms with van der Waals surface area (Å²) in [7, 11) is 0. The van der Waals surface area contributed by atoms with Crippen LogP contribution in [-0.2, 0) is 0 Å². The van der Waals surface area contributed by atoms with Crippen LogP contribution < -0.4 is 10.1 Å². The summed E-state index contributed by atoms with van der Waals surface area (Å²) >= 11 is 0. The lowest BCUT2D eigenvalue weighted by Gasteiger charge is -2.31. The molecule has 3 aromatic rings. The fourth-order valence-electron chi connectivity index (χ4n) is 4.12. The molecule has 1 aliphatic heterocycles. The van der Waals surface area contributed by atoms with Crippen molar-refractivity contribution in [1.29, 1.82) is 0 Å². The average molecular weight is 404 g/mol. The van der Waals surface area contributed by atoms with Gasteiger partial charge in [0.2, 0.25) is 0 Å². The fraction of sp³-hybridized carbons (Fsp3) is 0.360. The molecular formula is C25H29N3O2. The Hall–Kier alpha value is -2.92. The number of amides is 1. The van der Waals surface area contributed by atoms with Gasteiger partial charge in [0.25, 0.3) is 5.91 Å². The molecule has 1 fully saturated rings. The highest BCUT2D eigenvalue weighted by atomic mass is 16.5. The number of nitrogens with zero attached hydrogens (tertiary/aromatic N) is 2. The summed E-state index contributed by atoms with van der Waals surface area (Å²) in [4.78, 5) is 20.5. The number of piperidine rings is 1. The Morgan fingerprint density at radius 1 is 1.10 bits per heavy atom. The molecule has 30 heavy (non-hydrogen) atoms. The maximum absolute atomic E-state index is 13.3. The number of pyridine rings is 1. The molecule has 0 aliphatic carbocycles. The summed E-state index contributed by atoms with van der Waals surface area (Å²) in [5.41, 5.74) is 3.13. The van der Waals surface area contributed by atoms with Crippen molar-refractivity contribution in [3.63, 3.8) is 0 Å². The Bertz CT molecular complexity index is 1030. The van der Waals surface area contributed by atoms with E-state index in [2.05, 4.69) is 17.1 Å². The van der Waals surface area contributed by atoms with Crippen LogP contribution in [0.2, 0.25) is 0 Å². The quantitative estimate of drug-likeness (QED) is 0.658. The van der Waals surface area contributed by atoms with E-state index in [1.54, 1.807) is 0 Å². The van der Waals surface area contributed by atoms with Crippen LogP contribution in [0.1, 0.15) is 37.0 Å². The molecule has 0 bridgehead atoms.